The Morgan fingerprint density at radius 1 is 1.39 bits per heavy atom. The molecule has 0 aliphatic carbocycles. The largest absolute Gasteiger partial charge is 0.478 e. The van der Waals surface area contributed by atoms with E-state index in [0.29, 0.717) is 25.3 Å². The molecule has 18 heavy (non-hydrogen) atoms. The molecule has 0 aromatic heterocycles. The molecule has 0 amide bonds. The maximum atomic E-state index is 10.9. The van der Waals surface area contributed by atoms with Crippen molar-refractivity contribution in [3.8, 4) is 0 Å². The van der Waals surface area contributed by atoms with Crippen LogP contribution in [0.4, 0.5) is 5.69 Å². The number of nitrogens with zero attached hydrogens (tertiary/aromatic N) is 1. The van der Waals surface area contributed by atoms with E-state index in [-0.39, 0.29) is 6.61 Å². The summed E-state index contributed by atoms with van der Waals surface area (Å²) in [6.45, 7) is 3.35. The molecule has 1 aromatic rings. The molecule has 0 aliphatic rings. The normalized spacial score (nSPS) is 10.4. The van der Waals surface area contributed by atoms with Crippen molar-refractivity contribution >= 4 is 11.7 Å². The number of ether oxygens (including phenoxy) is 1. The molecule has 2 N–H and O–H groups in total. The topological polar surface area (TPSA) is 70.0 Å². The standard InChI is InChI=1S/C13H19NO4/c1-10-9-11(3-4-12(10)13(16)17)14(2)5-7-18-8-6-15/h3-4,9,15H,5-8H2,1-2H3,(H,16,17). The van der Waals surface area contributed by atoms with E-state index in [4.69, 9.17) is 14.9 Å². The fourth-order valence-corrected chi connectivity index (χ4v) is 1.62. The SMILES string of the molecule is Cc1cc(N(C)CCOCCO)ccc1C(=O)O. The molecule has 1 aromatic carbocycles. The van der Waals surface area contributed by atoms with E-state index in [1.165, 1.54) is 0 Å². The number of carboxylic acid groups (broad SMARTS) is 1. The lowest BCUT2D eigenvalue weighted by Gasteiger charge is -2.20. The number of hydrogen-bond acceptors (Lipinski definition) is 4. The Kier molecular flexibility index (Phi) is 5.61. The Balaban J connectivity index is 2.61. The van der Waals surface area contributed by atoms with Crippen molar-refractivity contribution < 1.29 is 19.7 Å². The molecule has 5 heteroatoms. The van der Waals surface area contributed by atoms with Gasteiger partial charge in [0.15, 0.2) is 0 Å². The van der Waals surface area contributed by atoms with Crippen molar-refractivity contribution in [1.82, 2.24) is 0 Å². The van der Waals surface area contributed by atoms with Gasteiger partial charge in [0.25, 0.3) is 0 Å². The third kappa shape index (κ3) is 4.01. The van der Waals surface area contributed by atoms with Gasteiger partial charge in [0.05, 0.1) is 25.4 Å². The summed E-state index contributed by atoms with van der Waals surface area (Å²) in [4.78, 5) is 12.9. The van der Waals surface area contributed by atoms with E-state index in [2.05, 4.69) is 0 Å². The molecule has 0 fully saturated rings. The lowest BCUT2D eigenvalue weighted by atomic mass is 10.1. The Bertz CT molecular complexity index is 406. The van der Waals surface area contributed by atoms with Crippen LogP contribution in [0.25, 0.3) is 0 Å². The summed E-state index contributed by atoms with van der Waals surface area (Å²) >= 11 is 0. The molecular formula is C13H19NO4. The number of carboxylic acids is 1. The second kappa shape index (κ2) is 6.98. The molecule has 1 rings (SSSR count). The first-order chi connectivity index (χ1) is 8.56. The van der Waals surface area contributed by atoms with Crippen LogP contribution in [0.5, 0.6) is 0 Å². The number of aliphatic hydroxyl groups excluding tert-OH is 1. The first-order valence-electron chi connectivity index (χ1n) is 5.80. The van der Waals surface area contributed by atoms with Gasteiger partial charge in [-0.1, -0.05) is 0 Å². The second-order valence-electron chi connectivity index (χ2n) is 4.06. The molecule has 0 radical (unpaired) electrons. The van der Waals surface area contributed by atoms with Crippen LogP contribution in [-0.4, -0.2) is 49.6 Å². The van der Waals surface area contributed by atoms with Crippen LogP contribution in [0, 0.1) is 6.92 Å². The predicted molar refractivity (Wildman–Crippen MR) is 69.3 cm³/mol. The Morgan fingerprint density at radius 2 is 2.11 bits per heavy atom. The molecule has 0 saturated carbocycles. The molecule has 0 spiro atoms. The molecule has 100 valence electrons. The lowest BCUT2D eigenvalue weighted by molar-refractivity contribution is 0.0696. The van der Waals surface area contributed by atoms with Crippen molar-refractivity contribution in [3.63, 3.8) is 0 Å². The summed E-state index contributed by atoms with van der Waals surface area (Å²) in [6.07, 6.45) is 0. The summed E-state index contributed by atoms with van der Waals surface area (Å²) < 4.78 is 5.18. The van der Waals surface area contributed by atoms with Crippen molar-refractivity contribution in [2.75, 3.05) is 38.3 Å². The smallest absolute Gasteiger partial charge is 0.335 e. The zero-order valence-electron chi connectivity index (χ0n) is 10.7. The summed E-state index contributed by atoms with van der Waals surface area (Å²) in [6, 6.07) is 5.23. The Hall–Kier alpha value is -1.59. The van der Waals surface area contributed by atoms with Crippen LogP contribution in [0.2, 0.25) is 0 Å². The van der Waals surface area contributed by atoms with E-state index in [1.54, 1.807) is 19.1 Å². The minimum Gasteiger partial charge on any atom is -0.478 e. The number of anilines is 1. The molecule has 0 aliphatic heterocycles. The van der Waals surface area contributed by atoms with Crippen molar-refractivity contribution in [1.29, 1.82) is 0 Å². The first kappa shape index (κ1) is 14.5. The Labute approximate surface area is 107 Å². The zero-order chi connectivity index (χ0) is 13.5. The van der Waals surface area contributed by atoms with E-state index < -0.39 is 5.97 Å². The molecule has 0 saturated heterocycles. The molecule has 0 bridgehead atoms. The summed E-state index contributed by atoms with van der Waals surface area (Å²) in [5.41, 5.74) is 2.01. The van der Waals surface area contributed by atoms with Crippen LogP contribution in [0.15, 0.2) is 18.2 Å². The lowest BCUT2D eigenvalue weighted by Crippen LogP contribution is -2.23. The number of aromatic carboxylic acids is 1. The quantitative estimate of drug-likeness (QED) is 0.713. The average Bonchev–Trinajstić information content (AvgIpc) is 2.33. The minimum absolute atomic E-state index is 0.0239. The maximum absolute atomic E-state index is 10.9. The minimum atomic E-state index is -0.909. The molecule has 5 nitrogen and oxygen atoms in total. The molecule has 0 atom stereocenters. The number of hydrogen-bond donors (Lipinski definition) is 2. The number of benzene rings is 1. The van der Waals surface area contributed by atoms with E-state index in [0.717, 1.165) is 11.3 Å². The third-order valence-electron chi connectivity index (χ3n) is 2.69. The average molecular weight is 253 g/mol. The van der Waals surface area contributed by atoms with Crippen LogP contribution >= 0.6 is 0 Å². The van der Waals surface area contributed by atoms with Crippen molar-refractivity contribution in [3.05, 3.63) is 29.3 Å². The van der Waals surface area contributed by atoms with Gasteiger partial charge in [0, 0.05) is 19.3 Å². The molecular weight excluding hydrogens is 234 g/mol. The van der Waals surface area contributed by atoms with Gasteiger partial charge in [-0.15, -0.1) is 0 Å². The predicted octanol–water partition coefficient (Wildman–Crippen LogP) is 1.14. The highest BCUT2D eigenvalue weighted by Gasteiger charge is 2.08. The highest BCUT2D eigenvalue weighted by molar-refractivity contribution is 5.89. The number of aryl methyl sites for hydroxylation is 1. The molecule has 0 heterocycles. The zero-order valence-corrected chi connectivity index (χ0v) is 10.7. The van der Waals surface area contributed by atoms with Gasteiger partial charge in [0.2, 0.25) is 0 Å². The summed E-state index contributed by atoms with van der Waals surface area (Å²) in [7, 11) is 1.91. The Morgan fingerprint density at radius 3 is 2.67 bits per heavy atom. The van der Waals surface area contributed by atoms with Crippen LogP contribution in [0.3, 0.4) is 0 Å². The van der Waals surface area contributed by atoms with Gasteiger partial charge in [-0.25, -0.2) is 4.79 Å². The number of aliphatic hydroxyl groups is 1. The fraction of sp³-hybridized carbons (Fsp3) is 0.462. The van der Waals surface area contributed by atoms with Gasteiger partial charge < -0.3 is 19.8 Å². The molecule has 0 unspecified atom stereocenters. The summed E-state index contributed by atoms with van der Waals surface area (Å²) in [5.74, 6) is -0.909. The van der Waals surface area contributed by atoms with E-state index in [9.17, 15) is 4.79 Å². The number of carbonyl (C=O) groups is 1. The van der Waals surface area contributed by atoms with Gasteiger partial charge >= 0.3 is 5.97 Å². The second-order valence-corrected chi connectivity index (χ2v) is 4.06. The third-order valence-corrected chi connectivity index (χ3v) is 2.69. The van der Waals surface area contributed by atoms with Crippen LogP contribution in [0.1, 0.15) is 15.9 Å². The number of rotatable bonds is 7. The fourth-order valence-electron chi connectivity index (χ4n) is 1.62. The van der Waals surface area contributed by atoms with Crippen molar-refractivity contribution in [2.45, 2.75) is 6.92 Å². The maximum Gasteiger partial charge on any atom is 0.335 e. The van der Waals surface area contributed by atoms with E-state index >= 15 is 0 Å². The van der Waals surface area contributed by atoms with Crippen molar-refractivity contribution in [2.24, 2.45) is 0 Å². The van der Waals surface area contributed by atoms with Crippen LogP contribution in [-0.2, 0) is 4.74 Å². The van der Waals surface area contributed by atoms with Crippen LogP contribution < -0.4 is 4.90 Å². The first-order valence-corrected chi connectivity index (χ1v) is 5.80. The highest BCUT2D eigenvalue weighted by atomic mass is 16.5. The van der Waals surface area contributed by atoms with Gasteiger partial charge in [-0.05, 0) is 30.7 Å². The number of likely N-dealkylation sites (N-methyl/N-ethyl adjacent to an activating group) is 1. The van der Waals surface area contributed by atoms with Gasteiger partial charge in [-0.2, -0.15) is 0 Å². The van der Waals surface area contributed by atoms with Gasteiger partial charge in [0.1, 0.15) is 0 Å². The van der Waals surface area contributed by atoms with E-state index in [1.807, 2.05) is 18.0 Å². The highest BCUT2D eigenvalue weighted by Crippen LogP contribution is 2.18. The monoisotopic (exact) mass is 253 g/mol. The van der Waals surface area contributed by atoms with Gasteiger partial charge in [-0.3, -0.25) is 0 Å². The summed E-state index contributed by atoms with van der Waals surface area (Å²) in [5, 5.41) is 17.5.